The van der Waals surface area contributed by atoms with Crippen molar-refractivity contribution in [2.45, 2.75) is 17.9 Å². The van der Waals surface area contributed by atoms with Gasteiger partial charge in [-0.1, -0.05) is 18.2 Å². The fraction of sp³-hybridized carbons (Fsp3) is 0.238. The third-order valence-electron chi connectivity index (χ3n) is 5.90. The molecule has 146 valence electrons. The monoisotopic (exact) mass is 391 g/mol. The number of aryl methyl sites for hydroxylation is 1. The second-order valence-corrected chi connectivity index (χ2v) is 7.41. The second kappa shape index (κ2) is 6.23. The molecule has 1 spiro atoms. The number of halogens is 1. The van der Waals surface area contributed by atoms with Crippen LogP contribution in [0.25, 0.3) is 0 Å². The molecule has 2 amide bonds. The van der Waals surface area contributed by atoms with Crippen molar-refractivity contribution in [3.63, 3.8) is 0 Å². The van der Waals surface area contributed by atoms with E-state index in [1.807, 2.05) is 35.9 Å². The Labute approximate surface area is 166 Å². The fourth-order valence-corrected chi connectivity index (χ4v) is 4.60. The number of carbonyl (C=O) groups excluding carboxylic acids is 2. The van der Waals surface area contributed by atoms with Crippen LogP contribution >= 0.6 is 0 Å². The molecule has 2 atom stereocenters. The van der Waals surface area contributed by atoms with Crippen molar-refractivity contribution in [1.82, 2.24) is 19.4 Å². The molecule has 2 aliphatic heterocycles. The molecule has 0 aliphatic carbocycles. The highest BCUT2D eigenvalue weighted by atomic mass is 19.1. The number of amides is 2. The molecule has 0 saturated carbocycles. The van der Waals surface area contributed by atoms with Gasteiger partial charge in [0.05, 0.1) is 11.8 Å². The molecule has 29 heavy (non-hydrogen) atoms. The summed E-state index contributed by atoms with van der Waals surface area (Å²) in [6.45, 7) is 0.342. The summed E-state index contributed by atoms with van der Waals surface area (Å²) in [4.78, 5) is 36.5. The average molecular weight is 391 g/mol. The molecule has 1 saturated heterocycles. The Balaban J connectivity index is 1.68. The first-order valence-corrected chi connectivity index (χ1v) is 9.32. The van der Waals surface area contributed by atoms with E-state index in [0.717, 1.165) is 17.4 Å². The van der Waals surface area contributed by atoms with Gasteiger partial charge in [0, 0.05) is 37.9 Å². The molecular formula is C21H18FN5O2. The summed E-state index contributed by atoms with van der Waals surface area (Å²) in [5.74, 6) is -0.507. The van der Waals surface area contributed by atoms with E-state index >= 15 is 0 Å². The van der Waals surface area contributed by atoms with Gasteiger partial charge in [-0.25, -0.2) is 9.37 Å². The predicted octanol–water partition coefficient (Wildman–Crippen LogP) is 2.43. The van der Waals surface area contributed by atoms with E-state index in [0.29, 0.717) is 18.8 Å². The first-order valence-electron chi connectivity index (χ1n) is 9.32. The highest BCUT2D eigenvalue weighted by Crippen LogP contribution is 2.54. The highest BCUT2D eigenvalue weighted by Gasteiger charge is 2.60. The minimum absolute atomic E-state index is 0.146. The fourth-order valence-electron chi connectivity index (χ4n) is 4.60. The summed E-state index contributed by atoms with van der Waals surface area (Å²) in [5, 5.41) is 2.96. The lowest BCUT2D eigenvalue weighted by Crippen LogP contribution is -2.43. The van der Waals surface area contributed by atoms with Gasteiger partial charge in [0.1, 0.15) is 23.1 Å². The number of anilines is 1. The lowest BCUT2D eigenvalue weighted by molar-refractivity contribution is -0.121. The van der Waals surface area contributed by atoms with E-state index in [1.54, 1.807) is 17.3 Å². The Morgan fingerprint density at radius 1 is 1.31 bits per heavy atom. The normalized spacial score (nSPS) is 22.8. The van der Waals surface area contributed by atoms with Gasteiger partial charge in [-0.2, -0.15) is 0 Å². The van der Waals surface area contributed by atoms with Crippen molar-refractivity contribution in [1.29, 1.82) is 0 Å². The molecule has 1 fully saturated rings. The number of imidazole rings is 1. The van der Waals surface area contributed by atoms with Crippen LogP contribution in [-0.2, 0) is 17.3 Å². The minimum Gasteiger partial charge on any atom is -0.336 e. The summed E-state index contributed by atoms with van der Waals surface area (Å²) in [6, 6.07) is 8.07. The van der Waals surface area contributed by atoms with Crippen LogP contribution in [0.1, 0.15) is 34.2 Å². The number of aromatic nitrogens is 3. The Morgan fingerprint density at radius 3 is 2.90 bits per heavy atom. The molecule has 2 aliphatic rings. The summed E-state index contributed by atoms with van der Waals surface area (Å²) >= 11 is 0. The van der Waals surface area contributed by atoms with E-state index in [-0.39, 0.29) is 17.4 Å². The smallest absolute Gasteiger partial charge is 0.256 e. The summed E-state index contributed by atoms with van der Waals surface area (Å²) in [6.07, 6.45) is 6.27. The molecule has 0 radical (unpaired) electrons. The van der Waals surface area contributed by atoms with Gasteiger partial charge >= 0.3 is 0 Å². The van der Waals surface area contributed by atoms with Crippen molar-refractivity contribution in [3.8, 4) is 0 Å². The zero-order chi connectivity index (χ0) is 20.2. The van der Waals surface area contributed by atoms with Crippen LogP contribution in [0.4, 0.5) is 10.1 Å². The number of hydrogen-bond donors (Lipinski definition) is 1. The molecule has 5 rings (SSSR count). The van der Waals surface area contributed by atoms with E-state index in [9.17, 15) is 14.0 Å². The quantitative estimate of drug-likeness (QED) is 0.728. The Bertz CT molecular complexity index is 1140. The molecule has 3 aromatic rings. The van der Waals surface area contributed by atoms with Crippen molar-refractivity contribution in [2.24, 2.45) is 7.05 Å². The molecular weight excluding hydrogens is 373 g/mol. The first-order chi connectivity index (χ1) is 14.0. The number of para-hydroxylation sites is 1. The van der Waals surface area contributed by atoms with Gasteiger partial charge in [0.2, 0.25) is 5.91 Å². The van der Waals surface area contributed by atoms with E-state index in [1.165, 1.54) is 12.3 Å². The second-order valence-electron chi connectivity index (χ2n) is 7.41. The summed E-state index contributed by atoms with van der Waals surface area (Å²) in [7, 11) is 1.83. The van der Waals surface area contributed by atoms with Crippen LogP contribution in [0.2, 0.25) is 0 Å². The lowest BCUT2D eigenvalue weighted by atomic mass is 9.74. The zero-order valence-electron chi connectivity index (χ0n) is 15.7. The van der Waals surface area contributed by atoms with Crippen molar-refractivity contribution >= 4 is 17.5 Å². The number of pyridine rings is 1. The van der Waals surface area contributed by atoms with Crippen LogP contribution in [0.15, 0.2) is 55.1 Å². The Kier molecular flexibility index (Phi) is 3.77. The van der Waals surface area contributed by atoms with Gasteiger partial charge in [0.15, 0.2) is 0 Å². The van der Waals surface area contributed by atoms with Crippen LogP contribution in [0.5, 0.6) is 0 Å². The van der Waals surface area contributed by atoms with Gasteiger partial charge in [0.25, 0.3) is 5.91 Å². The van der Waals surface area contributed by atoms with Crippen molar-refractivity contribution in [2.75, 3.05) is 11.9 Å². The standard InChI is InChI=1S/C21H18FN5O2/c1-26-9-7-24-18(26)17-21(15-4-2-3-5-16(15)25-20(21)29)6-8-27(17)19(28)13-10-14(22)12-23-11-13/h2-5,7,9-12,17H,6,8H2,1H3,(H,25,29)/t17-,21+/m0/s1. The molecule has 0 bridgehead atoms. The van der Waals surface area contributed by atoms with Gasteiger partial charge < -0.3 is 14.8 Å². The van der Waals surface area contributed by atoms with Crippen LogP contribution in [0.3, 0.4) is 0 Å². The number of benzene rings is 1. The number of nitrogens with one attached hydrogen (secondary N) is 1. The predicted molar refractivity (Wildman–Crippen MR) is 103 cm³/mol. The van der Waals surface area contributed by atoms with Gasteiger partial charge in [-0.05, 0) is 24.1 Å². The number of likely N-dealkylation sites (tertiary alicyclic amines) is 1. The third kappa shape index (κ3) is 2.41. The maximum atomic E-state index is 13.7. The number of fused-ring (bicyclic) bond motifs is 2. The number of rotatable bonds is 2. The zero-order valence-corrected chi connectivity index (χ0v) is 15.7. The summed E-state index contributed by atoms with van der Waals surface area (Å²) < 4.78 is 15.5. The van der Waals surface area contributed by atoms with Crippen LogP contribution in [0, 0.1) is 5.82 Å². The molecule has 1 N–H and O–H groups in total. The van der Waals surface area contributed by atoms with Gasteiger partial charge in [-0.15, -0.1) is 0 Å². The van der Waals surface area contributed by atoms with E-state index in [4.69, 9.17) is 0 Å². The van der Waals surface area contributed by atoms with Crippen molar-refractivity contribution in [3.05, 3.63) is 77.9 Å². The largest absolute Gasteiger partial charge is 0.336 e. The van der Waals surface area contributed by atoms with E-state index in [2.05, 4.69) is 15.3 Å². The van der Waals surface area contributed by atoms with Gasteiger partial charge in [-0.3, -0.25) is 14.6 Å². The first kappa shape index (κ1) is 17.5. The maximum absolute atomic E-state index is 13.7. The van der Waals surface area contributed by atoms with E-state index < -0.39 is 17.3 Å². The molecule has 7 nitrogen and oxygen atoms in total. The Morgan fingerprint density at radius 2 is 2.14 bits per heavy atom. The number of nitrogens with zero attached hydrogens (tertiary/aromatic N) is 4. The molecule has 1 aromatic carbocycles. The number of carbonyl (C=O) groups is 2. The molecule has 2 aromatic heterocycles. The lowest BCUT2D eigenvalue weighted by Gasteiger charge is -2.33. The Hall–Kier alpha value is -3.55. The molecule has 4 heterocycles. The minimum atomic E-state index is -0.952. The van der Waals surface area contributed by atoms with Crippen LogP contribution < -0.4 is 5.32 Å². The molecule has 0 unspecified atom stereocenters. The molecule has 8 heteroatoms. The van der Waals surface area contributed by atoms with Crippen molar-refractivity contribution < 1.29 is 14.0 Å². The highest BCUT2D eigenvalue weighted by molar-refractivity contribution is 6.08. The summed E-state index contributed by atoms with van der Waals surface area (Å²) in [5.41, 5.74) is 0.795. The number of hydrogen-bond acceptors (Lipinski definition) is 4. The van der Waals surface area contributed by atoms with Crippen LogP contribution in [-0.4, -0.2) is 37.8 Å². The topological polar surface area (TPSA) is 80.1 Å². The SMILES string of the molecule is Cn1ccnc1[C@@H]1N(C(=O)c2cncc(F)c2)CC[C@]12C(=O)Nc1ccccc12. The maximum Gasteiger partial charge on any atom is 0.256 e. The third-order valence-corrected chi connectivity index (χ3v) is 5.90. The average Bonchev–Trinajstić information content (AvgIpc) is 3.38.